The van der Waals surface area contributed by atoms with E-state index in [1.807, 2.05) is 32.0 Å². The van der Waals surface area contributed by atoms with Gasteiger partial charge in [-0.3, -0.25) is 4.90 Å². The zero-order chi connectivity index (χ0) is 15.0. The Hall–Kier alpha value is -1.39. The van der Waals surface area contributed by atoms with E-state index in [0.29, 0.717) is 25.9 Å². The molecular weight excluding hydrogens is 254 g/mol. The molecular formula is C16H25NO3. The number of carbonyl (C=O) groups excluding carboxylic acids is 1. The SMILES string of the molecule is CC.COC(=O)C1(O)CCN(Cc2ccccc2)CC1. The van der Waals surface area contributed by atoms with E-state index in [1.54, 1.807) is 0 Å². The molecule has 1 fully saturated rings. The maximum Gasteiger partial charge on any atom is 0.337 e. The molecule has 1 aliphatic rings. The van der Waals surface area contributed by atoms with Crippen molar-refractivity contribution in [2.24, 2.45) is 0 Å². The second kappa shape index (κ2) is 8.02. The minimum Gasteiger partial charge on any atom is -0.467 e. The van der Waals surface area contributed by atoms with Crippen molar-refractivity contribution in [2.45, 2.75) is 38.8 Å². The van der Waals surface area contributed by atoms with E-state index >= 15 is 0 Å². The van der Waals surface area contributed by atoms with E-state index in [2.05, 4.69) is 21.8 Å². The molecule has 0 unspecified atom stereocenters. The molecule has 2 rings (SSSR count). The molecule has 1 aromatic rings. The van der Waals surface area contributed by atoms with Crippen LogP contribution in [0, 0.1) is 0 Å². The van der Waals surface area contributed by atoms with Crippen molar-refractivity contribution >= 4 is 5.97 Å². The van der Waals surface area contributed by atoms with E-state index in [0.717, 1.165) is 6.54 Å². The van der Waals surface area contributed by atoms with Crippen LogP contribution in [0.25, 0.3) is 0 Å². The zero-order valence-corrected chi connectivity index (χ0v) is 12.6. The smallest absolute Gasteiger partial charge is 0.337 e. The van der Waals surface area contributed by atoms with Gasteiger partial charge in [0.15, 0.2) is 5.60 Å². The molecule has 0 bridgehead atoms. The van der Waals surface area contributed by atoms with Gasteiger partial charge in [-0.25, -0.2) is 4.79 Å². The summed E-state index contributed by atoms with van der Waals surface area (Å²) in [5.74, 6) is -0.512. The molecule has 0 spiro atoms. The number of ether oxygens (including phenoxy) is 1. The molecule has 1 heterocycles. The minimum absolute atomic E-state index is 0.437. The van der Waals surface area contributed by atoms with Gasteiger partial charge >= 0.3 is 5.97 Å². The number of methoxy groups -OCH3 is 1. The van der Waals surface area contributed by atoms with Crippen LogP contribution in [0.2, 0.25) is 0 Å². The fourth-order valence-electron chi connectivity index (χ4n) is 2.32. The normalized spacial score (nSPS) is 17.8. The van der Waals surface area contributed by atoms with Crippen LogP contribution >= 0.6 is 0 Å². The Bertz CT molecular complexity index is 397. The van der Waals surface area contributed by atoms with Gasteiger partial charge in [-0.05, 0) is 18.4 Å². The third-order valence-electron chi connectivity index (χ3n) is 3.50. The number of hydrogen-bond donors (Lipinski definition) is 1. The quantitative estimate of drug-likeness (QED) is 0.862. The summed E-state index contributed by atoms with van der Waals surface area (Å²) in [5, 5.41) is 10.1. The lowest BCUT2D eigenvalue weighted by Crippen LogP contribution is -2.49. The monoisotopic (exact) mass is 279 g/mol. The van der Waals surface area contributed by atoms with Crippen LogP contribution in [0.5, 0.6) is 0 Å². The summed E-state index contributed by atoms with van der Waals surface area (Å²) >= 11 is 0. The second-order valence-electron chi connectivity index (χ2n) is 4.78. The fourth-order valence-corrected chi connectivity index (χ4v) is 2.32. The lowest BCUT2D eigenvalue weighted by atomic mass is 9.91. The Morgan fingerprint density at radius 1 is 1.25 bits per heavy atom. The van der Waals surface area contributed by atoms with Gasteiger partial charge in [0.05, 0.1) is 7.11 Å². The predicted octanol–water partition coefficient (Wildman–Crippen LogP) is 2.21. The summed E-state index contributed by atoms with van der Waals surface area (Å²) in [4.78, 5) is 13.7. The van der Waals surface area contributed by atoms with E-state index in [4.69, 9.17) is 0 Å². The van der Waals surface area contributed by atoms with Crippen molar-refractivity contribution in [1.29, 1.82) is 0 Å². The van der Waals surface area contributed by atoms with Gasteiger partial charge < -0.3 is 9.84 Å². The Labute approximate surface area is 121 Å². The summed E-state index contributed by atoms with van der Waals surface area (Å²) in [6.45, 7) is 6.28. The van der Waals surface area contributed by atoms with Gasteiger partial charge in [-0.2, -0.15) is 0 Å². The molecule has 4 heteroatoms. The standard InChI is InChI=1S/C14H19NO3.C2H6/c1-18-13(16)14(17)7-9-15(10-8-14)11-12-5-3-2-4-6-12;1-2/h2-6,17H,7-11H2,1H3;1-2H3. The average molecular weight is 279 g/mol. The Morgan fingerprint density at radius 2 is 1.80 bits per heavy atom. The zero-order valence-electron chi connectivity index (χ0n) is 12.6. The summed E-state index contributed by atoms with van der Waals surface area (Å²) in [7, 11) is 1.32. The highest BCUT2D eigenvalue weighted by Crippen LogP contribution is 2.24. The van der Waals surface area contributed by atoms with Gasteiger partial charge in [-0.15, -0.1) is 0 Å². The van der Waals surface area contributed by atoms with E-state index in [9.17, 15) is 9.90 Å². The maximum absolute atomic E-state index is 11.5. The number of aliphatic hydroxyl groups is 1. The van der Waals surface area contributed by atoms with Crippen molar-refractivity contribution < 1.29 is 14.6 Å². The molecule has 0 amide bonds. The highest BCUT2D eigenvalue weighted by Gasteiger charge is 2.40. The molecule has 0 aromatic heterocycles. The van der Waals surface area contributed by atoms with Crippen molar-refractivity contribution in [3.63, 3.8) is 0 Å². The van der Waals surface area contributed by atoms with Crippen LogP contribution in [0.15, 0.2) is 30.3 Å². The Kier molecular flexibility index (Phi) is 6.68. The molecule has 0 aliphatic carbocycles. The topological polar surface area (TPSA) is 49.8 Å². The molecule has 0 saturated carbocycles. The number of piperidine rings is 1. The van der Waals surface area contributed by atoms with Crippen molar-refractivity contribution in [3.8, 4) is 0 Å². The van der Waals surface area contributed by atoms with Crippen molar-refractivity contribution in [2.75, 3.05) is 20.2 Å². The van der Waals surface area contributed by atoms with E-state index in [-0.39, 0.29) is 0 Å². The van der Waals surface area contributed by atoms with Gasteiger partial charge in [-0.1, -0.05) is 44.2 Å². The molecule has 1 aliphatic heterocycles. The molecule has 0 atom stereocenters. The number of hydrogen-bond acceptors (Lipinski definition) is 4. The first kappa shape index (κ1) is 16.7. The first-order chi connectivity index (χ1) is 9.64. The van der Waals surface area contributed by atoms with Gasteiger partial charge in [0.25, 0.3) is 0 Å². The molecule has 20 heavy (non-hydrogen) atoms. The molecule has 1 aromatic carbocycles. The minimum atomic E-state index is -1.29. The van der Waals surface area contributed by atoms with E-state index in [1.165, 1.54) is 12.7 Å². The molecule has 1 saturated heterocycles. The number of esters is 1. The maximum atomic E-state index is 11.5. The first-order valence-electron chi connectivity index (χ1n) is 7.21. The third-order valence-corrected chi connectivity index (χ3v) is 3.50. The Morgan fingerprint density at radius 3 is 2.30 bits per heavy atom. The van der Waals surface area contributed by atoms with Crippen molar-refractivity contribution in [3.05, 3.63) is 35.9 Å². The first-order valence-corrected chi connectivity index (χ1v) is 7.21. The van der Waals surface area contributed by atoms with Crippen LogP contribution in [0.4, 0.5) is 0 Å². The van der Waals surface area contributed by atoms with Crippen LogP contribution in [0.1, 0.15) is 32.3 Å². The van der Waals surface area contributed by atoms with Crippen molar-refractivity contribution in [1.82, 2.24) is 4.90 Å². The van der Waals surface area contributed by atoms with Crippen LogP contribution in [-0.2, 0) is 16.1 Å². The number of carbonyl (C=O) groups is 1. The Balaban J connectivity index is 0.000000956. The van der Waals surface area contributed by atoms with Crippen LogP contribution in [0.3, 0.4) is 0 Å². The summed E-state index contributed by atoms with van der Waals surface area (Å²) in [5.41, 5.74) is -0.0388. The van der Waals surface area contributed by atoms with E-state index < -0.39 is 11.6 Å². The third kappa shape index (κ3) is 4.32. The molecule has 1 N–H and O–H groups in total. The van der Waals surface area contributed by atoms with Gasteiger partial charge in [0.2, 0.25) is 0 Å². The summed E-state index contributed by atoms with van der Waals surface area (Å²) in [6, 6.07) is 10.2. The lowest BCUT2D eigenvalue weighted by molar-refractivity contribution is -0.167. The summed E-state index contributed by atoms with van der Waals surface area (Å²) < 4.78 is 4.64. The van der Waals surface area contributed by atoms with Crippen LogP contribution in [-0.4, -0.2) is 41.8 Å². The number of nitrogens with zero attached hydrogens (tertiary/aromatic N) is 1. The predicted molar refractivity (Wildman–Crippen MR) is 79.3 cm³/mol. The highest BCUT2D eigenvalue weighted by molar-refractivity contribution is 5.79. The molecule has 4 nitrogen and oxygen atoms in total. The molecule has 0 radical (unpaired) electrons. The van der Waals surface area contributed by atoms with Gasteiger partial charge in [0.1, 0.15) is 0 Å². The largest absolute Gasteiger partial charge is 0.467 e. The number of benzene rings is 1. The molecule has 112 valence electrons. The highest BCUT2D eigenvalue weighted by atomic mass is 16.5. The van der Waals surface area contributed by atoms with Gasteiger partial charge in [0, 0.05) is 19.6 Å². The average Bonchev–Trinajstić information content (AvgIpc) is 2.52. The fraction of sp³-hybridized carbons (Fsp3) is 0.562. The lowest BCUT2D eigenvalue weighted by Gasteiger charge is -2.36. The summed E-state index contributed by atoms with van der Waals surface area (Å²) in [6.07, 6.45) is 0.874. The van der Waals surface area contributed by atoms with Crippen LogP contribution < -0.4 is 0 Å². The number of rotatable bonds is 3. The second-order valence-corrected chi connectivity index (χ2v) is 4.78. The number of likely N-dealkylation sites (tertiary alicyclic amines) is 1.